The molecule has 3 nitrogen and oxygen atoms in total. The van der Waals surface area contributed by atoms with E-state index in [1.165, 1.54) is 0 Å². The number of rotatable bonds is 2. The molecule has 0 spiro atoms. The van der Waals surface area contributed by atoms with E-state index in [9.17, 15) is 0 Å². The molecule has 0 saturated carbocycles. The van der Waals surface area contributed by atoms with Gasteiger partial charge in [-0.2, -0.15) is 8.78 Å². The lowest BCUT2D eigenvalue weighted by Crippen LogP contribution is -2.53. The van der Waals surface area contributed by atoms with Gasteiger partial charge in [0, 0.05) is 16.8 Å². The Morgan fingerprint density at radius 2 is 1.43 bits per heavy atom. The van der Waals surface area contributed by atoms with Gasteiger partial charge in [0.25, 0.3) is 0 Å². The molecule has 148 valence electrons. The second-order valence-electron chi connectivity index (χ2n) is 7.50. The van der Waals surface area contributed by atoms with E-state index < -0.39 is 18.1 Å². The largest absolute Gasteiger partial charge is 0.450 e. The summed E-state index contributed by atoms with van der Waals surface area (Å²) in [4.78, 5) is 1.03. The Labute approximate surface area is 172 Å². The molecule has 0 aromatic heterocycles. The fourth-order valence-electron chi connectivity index (χ4n) is 4.49. The summed E-state index contributed by atoms with van der Waals surface area (Å²) in [5.41, 5.74) is 1.26. The number of halogens is 2. The summed E-state index contributed by atoms with van der Waals surface area (Å²) in [6, 6.07) is 25.0. The molecule has 1 saturated heterocycles. The van der Waals surface area contributed by atoms with Crippen molar-refractivity contribution in [1.82, 2.24) is 0 Å². The molecule has 30 heavy (non-hydrogen) atoms. The minimum absolute atomic E-state index is 0.309. The zero-order chi connectivity index (χ0) is 20.3. The van der Waals surface area contributed by atoms with Gasteiger partial charge in [-0.15, -0.1) is 0 Å². The number of fused-ring (bicyclic) bond motifs is 5. The molecule has 5 heteroatoms. The molecule has 2 bridgehead atoms. The van der Waals surface area contributed by atoms with E-state index in [0.717, 1.165) is 10.3 Å². The number of benzene rings is 4. The molecule has 4 aromatic rings. The van der Waals surface area contributed by atoms with E-state index in [4.69, 9.17) is 9.47 Å². The minimum Gasteiger partial charge on any atom is -0.450 e. The summed E-state index contributed by atoms with van der Waals surface area (Å²) in [6.45, 7) is 0. The van der Waals surface area contributed by atoms with Crippen LogP contribution in [0.15, 0.2) is 97.1 Å². The predicted molar refractivity (Wildman–Crippen MR) is 110 cm³/mol. The highest BCUT2D eigenvalue weighted by atomic mass is 19.3. The number of nitrogens with zero attached hydrogens (tertiary/aromatic N) is 1. The van der Waals surface area contributed by atoms with Gasteiger partial charge in [-0.05, 0) is 29.0 Å². The molecule has 0 amide bonds. The van der Waals surface area contributed by atoms with Crippen LogP contribution in [0.4, 0.5) is 14.5 Å². The normalized spacial score (nSPS) is 23.8. The van der Waals surface area contributed by atoms with Crippen molar-refractivity contribution in [2.75, 3.05) is 4.90 Å². The molecule has 0 aliphatic carbocycles. The first-order valence-corrected chi connectivity index (χ1v) is 9.78. The van der Waals surface area contributed by atoms with Crippen molar-refractivity contribution in [1.29, 1.82) is 0 Å². The average molecular weight is 401 g/mol. The van der Waals surface area contributed by atoms with Gasteiger partial charge in [0.1, 0.15) is 5.75 Å². The standard InChI is InChI=1S/C25H17F2NO2/c26-25(27)24(21-15-8-10-17-9-4-5-13-19(17)21)29-22-16-7-6-14-20(22)23(30-24)28(25)18-11-2-1-3-12-18/h1-16,23H/t23-,24-/m0/s1. The van der Waals surface area contributed by atoms with Crippen LogP contribution in [0.2, 0.25) is 0 Å². The van der Waals surface area contributed by atoms with E-state index in [2.05, 4.69) is 0 Å². The maximum atomic E-state index is 16.4. The number of hydrogen-bond acceptors (Lipinski definition) is 3. The molecular weight excluding hydrogens is 384 g/mol. The first-order valence-electron chi connectivity index (χ1n) is 9.78. The highest BCUT2D eigenvalue weighted by Gasteiger charge is 2.73. The van der Waals surface area contributed by atoms with Crippen LogP contribution in [0.25, 0.3) is 10.8 Å². The zero-order valence-electron chi connectivity index (χ0n) is 15.8. The first-order chi connectivity index (χ1) is 14.6. The number of ether oxygens (including phenoxy) is 2. The molecule has 2 aliphatic rings. The molecule has 0 N–H and O–H groups in total. The van der Waals surface area contributed by atoms with Crippen molar-refractivity contribution in [3.8, 4) is 5.75 Å². The van der Waals surface area contributed by atoms with Gasteiger partial charge in [0.15, 0.2) is 6.23 Å². The van der Waals surface area contributed by atoms with Crippen molar-refractivity contribution in [3.05, 3.63) is 108 Å². The molecule has 4 aromatic carbocycles. The van der Waals surface area contributed by atoms with Crippen LogP contribution in [0, 0.1) is 0 Å². The second-order valence-corrected chi connectivity index (χ2v) is 7.50. The zero-order valence-corrected chi connectivity index (χ0v) is 15.8. The van der Waals surface area contributed by atoms with E-state index in [1.807, 2.05) is 30.3 Å². The Hall–Kier alpha value is -3.44. The van der Waals surface area contributed by atoms with Crippen LogP contribution in [-0.2, 0) is 10.5 Å². The summed E-state index contributed by atoms with van der Waals surface area (Å²) in [6.07, 6.45) is -0.980. The molecule has 1 fully saturated rings. The summed E-state index contributed by atoms with van der Waals surface area (Å²) in [5, 5.41) is 1.52. The van der Waals surface area contributed by atoms with Gasteiger partial charge in [-0.1, -0.05) is 78.9 Å². The van der Waals surface area contributed by atoms with Crippen molar-refractivity contribution >= 4 is 16.5 Å². The lowest BCUT2D eigenvalue weighted by atomic mass is 9.95. The Kier molecular flexibility index (Phi) is 3.50. The third kappa shape index (κ3) is 2.15. The fourth-order valence-corrected chi connectivity index (χ4v) is 4.49. The number of hydrogen-bond donors (Lipinski definition) is 0. The number of para-hydroxylation sites is 2. The molecular formula is C25H17F2NO2. The molecule has 6 rings (SSSR count). The van der Waals surface area contributed by atoms with Crippen molar-refractivity contribution < 1.29 is 18.3 Å². The quantitative estimate of drug-likeness (QED) is 0.373. The van der Waals surface area contributed by atoms with Crippen molar-refractivity contribution in [3.63, 3.8) is 0 Å². The number of alkyl halides is 2. The van der Waals surface area contributed by atoms with Crippen molar-refractivity contribution in [2.45, 2.75) is 18.1 Å². The van der Waals surface area contributed by atoms with E-state index in [1.54, 1.807) is 66.7 Å². The smallest absolute Gasteiger partial charge is 0.397 e. The van der Waals surface area contributed by atoms with E-state index in [0.29, 0.717) is 28.0 Å². The van der Waals surface area contributed by atoms with Gasteiger partial charge in [0.2, 0.25) is 0 Å². The maximum Gasteiger partial charge on any atom is 0.397 e. The van der Waals surface area contributed by atoms with Gasteiger partial charge in [0.05, 0.1) is 0 Å². The Morgan fingerprint density at radius 1 is 0.733 bits per heavy atom. The molecule has 2 atom stereocenters. The molecule has 2 aliphatic heterocycles. The van der Waals surface area contributed by atoms with Crippen LogP contribution in [0.5, 0.6) is 5.75 Å². The van der Waals surface area contributed by atoms with Crippen LogP contribution in [-0.4, -0.2) is 6.05 Å². The summed E-state index contributed by atoms with van der Waals surface area (Å²) < 4.78 is 44.9. The average Bonchev–Trinajstić information content (AvgIpc) is 2.97. The Balaban J connectivity index is 1.66. The minimum atomic E-state index is -3.47. The maximum absolute atomic E-state index is 16.4. The molecule has 0 radical (unpaired) electrons. The lowest BCUT2D eigenvalue weighted by Gasteiger charge is -2.36. The summed E-state index contributed by atoms with van der Waals surface area (Å²) >= 11 is 0. The number of anilines is 1. The Bertz CT molecular complexity index is 1250. The third-order valence-corrected chi connectivity index (χ3v) is 5.83. The fraction of sp³-hybridized carbons (Fsp3) is 0.120. The van der Waals surface area contributed by atoms with Gasteiger partial charge >= 0.3 is 11.8 Å². The van der Waals surface area contributed by atoms with E-state index in [-0.39, 0.29) is 0 Å². The highest BCUT2D eigenvalue weighted by molar-refractivity contribution is 5.86. The highest BCUT2D eigenvalue weighted by Crippen LogP contribution is 2.62. The van der Waals surface area contributed by atoms with Gasteiger partial charge in [-0.3, -0.25) is 4.90 Å². The van der Waals surface area contributed by atoms with Crippen LogP contribution >= 0.6 is 0 Å². The lowest BCUT2D eigenvalue weighted by molar-refractivity contribution is -0.279. The SMILES string of the molecule is FC1(F)N(c2ccccc2)[C@H]2O[C@]1(c1cccc3ccccc13)Oc1ccccc12. The predicted octanol–water partition coefficient (Wildman–Crippen LogP) is 6.21. The van der Waals surface area contributed by atoms with Gasteiger partial charge in [-0.25, -0.2) is 0 Å². The van der Waals surface area contributed by atoms with Crippen LogP contribution in [0.1, 0.15) is 17.4 Å². The summed E-state index contributed by atoms with van der Waals surface area (Å²) in [5.74, 6) is -1.87. The van der Waals surface area contributed by atoms with E-state index >= 15 is 8.78 Å². The first kappa shape index (κ1) is 17.4. The second kappa shape index (κ2) is 6.03. The third-order valence-electron chi connectivity index (χ3n) is 5.83. The monoisotopic (exact) mass is 401 g/mol. The van der Waals surface area contributed by atoms with Crippen LogP contribution in [0.3, 0.4) is 0 Å². The Morgan fingerprint density at radius 3 is 2.30 bits per heavy atom. The van der Waals surface area contributed by atoms with Crippen LogP contribution < -0.4 is 9.64 Å². The molecule has 0 unspecified atom stereocenters. The van der Waals surface area contributed by atoms with Crippen molar-refractivity contribution in [2.24, 2.45) is 0 Å². The summed E-state index contributed by atoms with van der Waals surface area (Å²) in [7, 11) is 0. The molecule has 2 heterocycles. The van der Waals surface area contributed by atoms with Gasteiger partial charge < -0.3 is 9.47 Å². The topological polar surface area (TPSA) is 21.7 Å².